The molecule has 2 atom stereocenters. The molecule has 0 bridgehead atoms. The van der Waals surface area contributed by atoms with Crippen molar-refractivity contribution in [2.45, 2.75) is 31.7 Å². The van der Waals surface area contributed by atoms with E-state index >= 15 is 0 Å². The van der Waals surface area contributed by atoms with Gasteiger partial charge in [0.2, 0.25) is 5.78 Å². The minimum absolute atomic E-state index is 0. The van der Waals surface area contributed by atoms with Crippen molar-refractivity contribution in [1.29, 1.82) is 0 Å². The van der Waals surface area contributed by atoms with Crippen LogP contribution in [-0.2, 0) is 6.42 Å². The van der Waals surface area contributed by atoms with Gasteiger partial charge in [0.15, 0.2) is 0 Å². The minimum Gasteiger partial charge on any atom is -1.00 e. The second kappa shape index (κ2) is 12.0. The number of aromatic nitrogens is 2. The van der Waals surface area contributed by atoms with Gasteiger partial charge in [0.1, 0.15) is 18.0 Å². The first-order valence-corrected chi connectivity index (χ1v) is 12.9. The number of quaternary nitrogens is 1. The van der Waals surface area contributed by atoms with E-state index in [1.165, 1.54) is 18.2 Å². The van der Waals surface area contributed by atoms with Crippen LogP contribution in [-0.4, -0.2) is 45.4 Å². The molecule has 0 spiro atoms. The zero-order valence-electron chi connectivity index (χ0n) is 20.7. The van der Waals surface area contributed by atoms with Crippen molar-refractivity contribution in [3.8, 4) is 11.5 Å². The van der Waals surface area contributed by atoms with Gasteiger partial charge in [0.05, 0.1) is 30.2 Å². The molecule has 38 heavy (non-hydrogen) atoms. The summed E-state index contributed by atoms with van der Waals surface area (Å²) in [7, 11) is 0. The fourth-order valence-electron chi connectivity index (χ4n) is 5.18. The highest BCUT2D eigenvalue weighted by Gasteiger charge is 2.26. The molecule has 1 saturated heterocycles. The van der Waals surface area contributed by atoms with E-state index in [0.717, 1.165) is 47.4 Å². The molecule has 9 heteroatoms. The van der Waals surface area contributed by atoms with E-state index in [-0.39, 0.29) is 47.8 Å². The molecule has 3 N–H and O–H groups in total. The SMILES string of the molecule is O=C(C[NH+]1CCCC(n2nc(Cc3ccc(Cl)cc3)c3ccccc3c2=O)CC1)c1cc(O)cc(O)c1.[Cl-]. The van der Waals surface area contributed by atoms with E-state index in [4.69, 9.17) is 16.7 Å². The normalized spacial score (nSPS) is 17.5. The average Bonchev–Trinajstić information content (AvgIpc) is 3.12. The number of fused-ring (bicyclic) bond motifs is 1. The molecule has 2 unspecified atom stereocenters. The number of likely N-dealkylation sites (tertiary alicyclic amines) is 1. The monoisotopic (exact) mass is 553 g/mol. The summed E-state index contributed by atoms with van der Waals surface area (Å²) in [4.78, 5) is 27.4. The third kappa shape index (κ3) is 6.18. The third-order valence-electron chi connectivity index (χ3n) is 7.07. The van der Waals surface area contributed by atoms with Crippen LogP contribution in [0.1, 0.15) is 46.9 Å². The topological polar surface area (TPSA) is 96.9 Å². The molecule has 198 valence electrons. The lowest BCUT2D eigenvalue weighted by molar-refractivity contribution is -0.890. The van der Waals surface area contributed by atoms with Gasteiger partial charge in [-0.15, -0.1) is 0 Å². The average molecular weight is 554 g/mol. The predicted molar refractivity (Wildman–Crippen MR) is 143 cm³/mol. The first-order valence-electron chi connectivity index (χ1n) is 12.5. The number of phenols is 2. The number of benzene rings is 3. The van der Waals surface area contributed by atoms with E-state index < -0.39 is 0 Å². The van der Waals surface area contributed by atoms with E-state index in [9.17, 15) is 19.8 Å². The summed E-state index contributed by atoms with van der Waals surface area (Å²) in [6.45, 7) is 1.78. The number of rotatable bonds is 6. The molecule has 7 nitrogen and oxygen atoms in total. The van der Waals surface area contributed by atoms with Gasteiger partial charge in [-0.2, -0.15) is 5.10 Å². The van der Waals surface area contributed by atoms with Crippen molar-refractivity contribution < 1.29 is 32.3 Å². The lowest BCUT2D eigenvalue weighted by Gasteiger charge is -2.19. The Morgan fingerprint density at radius 2 is 1.66 bits per heavy atom. The number of aromatic hydroxyl groups is 2. The molecule has 4 aromatic rings. The van der Waals surface area contributed by atoms with Gasteiger partial charge in [-0.25, -0.2) is 4.68 Å². The molecule has 2 heterocycles. The van der Waals surface area contributed by atoms with Gasteiger partial charge in [-0.05, 0) is 48.7 Å². The summed E-state index contributed by atoms with van der Waals surface area (Å²) >= 11 is 6.06. The summed E-state index contributed by atoms with van der Waals surface area (Å²) in [6.07, 6.45) is 2.97. The van der Waals surface area contributed by atoms with Crippen molar-refractivity contribution in [2.24, 2.45) is 0 Å². The highest BCUT2D eigenvalue weighted by atomic mass is 35.5. The molecule has 5 rings (SSSR count). The zero-order chi connectivity index (χ0) is 25.9. The van der Waals surface area contributed by atoms with Gasteiger partial charge in [-0.1, -0.05) is 41.9 Å². The van der Waals surface area contributed by atoms with Crippen LogP contribution in [0.5, 0.6) is 11.5 Å². The number of hydrogen-bond donors (Lipinski definition) is 3. The molecule has 1 aliphatic heterocycles. The Labute approximate surface area is 231 Å². The number of ketones is 1. The standard InChI is InChI=1S/C29H28ClN3O4.ClH/c30-21-9-7-19(8-10-21)14-27-25-5-1-2-6-26(25)29(37)33(31-27)22-4-3-12-32(13-11-22)18-28(36)20-15-23(34)17-24(35)16-20;/h1-2,5-10,15-17,22,34-35H,3-4,11-14,18H2;1H. The van der Waals surface area contributed by atoms with Gasteiger partial charge < -0.3 is 27.5 Å². The second-order valence-electron chi connectivity index (χ2n) is 9.72. The van der Waals surface area contributed by atoms with Crippen LogP contribution in [0.25, 0.3) is 10.8 Å². The van der Waals surface area contributed by atoms with Gasteiger partial charge in [-0.3, -0.25) is 9.59 Å². The van der Waals surface area contributed by atoms with E-state index in [1.807, 2.05) is 48.5 Å². The fraction of sp³-hybridized carbons (Fsp3) is 0.276. The zero-order valence-corrected chi connectivity index (χ0v) is 22.3. The van der Waals surface area contributed by atoms with Crippen molar-refractivity contribution in [1.82, 2.24) is 9.78 Å². The molecule has 0 amide bonds. The van der Waals surface area contributed by atoms with Crippen molar-refractivity contribution >= 4 is 28.2 Å². The smallest absolute Gasteiger partial charge is 0.274 e. The molecule has 0 aliphatic carbocycles. The Bertz CT molecular complexity index is 1480. The number of halogens is 2. The lowest BCUT2D eigenvalue weighted by atomic mass is 10.0. The number of nitrogens with one attached hydrogen (secondary N) is 1. The molecule has 1 aromatic heterocycles. The second-order valence-corrected chi connectivity index (χ2v) is 10.2. The number of Topliss-reactive ketones (excluding diaryl/α,β-unsaturated/α-hetero) is 1. The first-order chi connectivity index (χ1) is 17.9. The number of carbonyl (C=O) groups excluding carboxylic acids is 1. The number of hydrogen-bond acceptors (Lipinski definition) is 5. The molecule has 1 fully saturated rings. The Morgan fingerprint density at radius 3 is 2.37 bits per heavy atom. The quantitative estimate of drug-likeness (QED) is 0.303. The molecule has 3 aromatic carbocycles. The molecular weight excluding hydrogens is 525 g/mol. The van der Waals surface area contributed by atoms with E-state index in [2.05, 4.69) is 0 Å². The highest BCUT2D eigenvalue weighted by molar-refractivity contribution is 6.30. The molecule has 0 saturated carbocycles. The molecule has 1 aliphatic rings. The minimum atomic E-state index is -0.134. The molecular formula is C29H29Cl2N3O4. The fourth-order valence-corrected chi connectivity index (χ4v) is 5.31. The summed E-state index contributed by atoms with van der Waals surface area (Å²) in [5.41, 5.74) is 2.13. The van der Waals surface area contributed by atoms with Crippen molar-refractivity contribution in [2.75, 3.05) is 19.6 Å². The Balaban J connectivity index is 0.00000336. The van der Waals surface area contributed by atoms with Gasteiger partial charge in [0.25, 0.3) is 5.56 Å². The van der Waals surface area contributed by atoms with Crippen LogP contribution in [0.15, 0.2) is 71.5 Å². The van der Waals surface area contributed by atoms with Gasteiger partial charge >= 0.3 is 0 Å². The third-order valence-corrected chi connectivity index (χ3v) is 7.32. The maximum absolute atomic E-state index is 13.5. The van der Waals surface area contributed by atoms with Crippen LogP contribution in [0, 0.1) is 0 Å². The largest absolute Gasteiger partial charge is 1.00 e. The Kier molecular flexibility index (Phi) is 8.72. The van der Waals surface area contributed by atoms with Crippen LogP contribution in [0.4, 0.5) is 0 Å². The first kappa shape index (κ1) is 27.6. The van der Waals surface area contributed by atoms with Crippen molar-refractivity contribution in [3.05, 3.63) is 98.9 Å². The van der Waals surface area contributed by atoms with Crippen molar-refractivity contribution in [3.63, 3.8) is 0 Å². The maximum atomic E-state index is 13.5. The number of carbonyl (C=O) groups is 1. The summed E-state index contributed by atoms with van der Waals surface area (Å²) in [5.74, 6) is -0.401. The van der Waals surface area contributed by atoms with E-state index in [0.29, 0.717) is 28.9 Å². The number of nitrogens with zero attached hydrogens (tertiary/aromatic N) is 2. The highest BCUT2D eigenvalue weighted by Crippen LogP contribution is 2.23. The van der Waals surface area contributed by atoms with Crippen LogP contribution < -0.4 is 22.9 Å². The van der Waals surface area contributed by atoms with Crippen LogP contribution in [0.2, 0.25) is 5.02 Å². The number of phenolic OH excluding ortho intramolecular Hbond substituents is 2. The van der Waals surface area contributed by atoms with Crippen LogP contribution in [0.3, 0.4) is 0 Å². The molecule has 0 radical (unpaired) electrons. The maximum Gasteiger partial charge on any atom is 0.274 e. The van der Waals surface area contributed by atoms with E-state index in [1.54, 1.807) is 4.68 Å². The Morgan fingerprint density at radius 1 is 0.974 bits per heavy atom. The summed E-state index contributed by atoms with van der Waals surface area (Å²) in [6, 6.07) is 19.2. The van der Waals surface area contributed by atoms with Gasteiger partial charge in [0, 0.05) is 34.9 Å². The van der Waals surface area contributed by atoms with Crippen LogP contribution >= 0.6 is 11.6 Å². The Hall–Kier alpha value is -3.39. The predicted octanol–water partition coefficient (Wildman–Crippen LogP) is 0.549. The lowest BCUT2D eigenvalue weighted by Crippen LogP contribution is -3.12. The summed E-state index contributed by atoms with van der Waals surface area (Å²) < 4.78 is 1.66. The summed E-state index contributed by atoms with van der Waals surface area (Å²) in [5, 5.41) is 26.5.